The molecule has 2 fully saturated rings. The summed E-state index contributed by atoms with van der Waals surface area (Å²) in [6.07, 6.45) is 1.93. The Morgan fingerprint density at radius 2 is 2.11 bits per heavy atom. The Balaban J connectivity index is 1.48. The highest BCUT2D eigenvalue weighted by Crippen LogP contribution is 2.50. The summed E-state index contributed by atoms with van der Waals surface area (Å²) in [6.45, 7) is 1.08. The number of hydrogen-bond donors (Lipinski definition) is 0. The van der Waals surface area contributed by atoms with Crippen molar-refractivity contribution < 1.29 is 17.9 Å². The third-order valence-electron chi connectivity index (χ3n) is 5.73. The molecule has 0 amide bonds. The van der Waals surface area contributed by atoms with Crippen LogP contribution < -0.4 is 0 Å². The Labute approximate surface area is 165 Å². The van der Waals surface area contributed by atoms with E-state index in [1.165, 1.54) is 6.20 Å². The van der Waals surface area contributed by atoms with Crippen LogP contribution in [0.1, 0.15) is 29.0 Å². The Hall–Kier alpha value is -1.95. The minimum absolute atomic E-state index is 0.338. The lowest BCUT2D eigenvalue weighted by Gasteiger charge is -2.48. The molecule has 0 unspecified atom stereocenters. The number of nitriles is 1. The first-order valence-corrected chi connectivity index (χ1v) is 10.0. The predicted octanol–water partition coefficient (Wildman–Crippen LogP) is 4.01. The lowest BCUT2D eigenvalue weighted by Crippen LogP contribution is -2.61. The molecule has 148 valence electrons. The number of halogens is 3. The zero-order valence-electron chi connectivity index (χ0n) is 15.2. The second kappa shape index (κ2) is 7.47. The molecule has 4 rings (SSSR count). The lowest BCUT2D eigenvalue weighted by molar-refractivity contribution is -0.301. The van der Waals surface area contributed by atoms with Gasteiger partial charge in [-0.15, -0.1) is 0 Å². The van der Waals surface area contributed by atoms with Crippen molar-refractivity contribution in [2.24, 2.45) is 5.41 Å². The molecule has 1 aromatic heterocycles. The van der Waals surface area contributed by atoms with E-state index >= 15 is 0 Å². The molecule has 0 saturated carbocycles. The number of likely N-dealkylation sites (tertiary alicyclic amines) is 1. The summed E-state index contributed by atoms with van der Waals surface area (Å²) in [5, 5.41) is 9.23. The molecule has 2 aliphatic rings. The van der Waals surface area contributed by atoms with Crippen molar-refractivity contribution in [1.82, 2.24) is 9.88 Å². The van der Waals surface area contributed by atoms with E-state index in [4.69, 9.17) is 10.00 Å². The van der Waals surface area contributed by atoms with Crippen LogP contribution in [0.5, 0.6) is 0 Å². The molecule has 0 N–H and O–H groups in total. The van der Waals surface area contributed by atoms with Gasteiger partial charge in [-0.1, -0.05) is 23.5 Å². The first-order chi connectivity index (χ1) is 13.4. The van der Waals surface area contributed by atoms with Gasteiger partial charge < -0.3 is 4.74 Å². The van der Waals surface area contributed by atoms with Crippen molar-refractivity contribution in [3.63, 3.8) is 0 Å². The standard InChI is InChI=1S/C20H20F3N3OS/c21-16-10-25-17(28-16)11-26-8-7-19(12-26,18-20(22,23)13-27-18)6-5-14-1-3-15(9-24)4-2-14/h1-4,10,18H,5-8,11-13H2/t18-,19-/m1/s1. The van der Waals surface area contributed by atoms with Crippen LogP contribution in [0.4, 0.5) is 13.2 Å². The van der Waals surface area contributed by atoms with E-state index in [2.05, 4.69) is 16.0 Å². The predicted molar refractivity (Wildman–Crippen MR) is 98.6 cm³/mol. The molecular weight excluding hydrogens is 387 g/mol. The van der Waals surface area contributed by atoms with Crippen LogP contribution >= 0.6 is 11.3 Å². The van der Waals surface area contributed by atoms with Crippen molar-refractivity contribution in [2.45, 2.75) is 37.8 Å². The summed E-state index contributed by atoms with van der Waals surface area (Å²) in [4.78, 5) is 6.10. The first kappa shape index (κ1) is 19.4. The topological polar surface area (TPSA) is 49.1 Å². The van der Waals surface area contributed by atoms with Crippen molar-refractivity contribution >= 4 is 11.3 Å². The number of thiazole rings is 1. The normalized spacial score (nSPS) is 26.7. The van der Waals surface area contributed by atoms with Crippen molar-refractivity contribution in [3.8, 4) is 6.07 Å². The maximum absolute atomic E-state index is 14.2. The Morgan fingerprint density at radius 1 is 1.32 bits per heavy atom. The highest BCUT2D eigenvalue weighted by molar-refractivity contribution is 7.09. The zero-order valence-corrected chi connectivity index (χ0v) is 16.0. The summed E-state index contributed by atoms with van der Waals surface area (Å²) in [5.74, 6) is -2.81. The van der Waals surface area contributed by atoms with Crippen molar-refractivity contribution in [1.29, 1.82) is 5.26 Å². The Bertz CT molecular complexity index is 880. The quantitative estimate of drug-likeness (QED) is 0.726. The van der Waals surface area contributed by atoms with Gasteiger partial charge in [-0.3, -0.25) is 4.90 Å². The molecule has 0 aliphatic carbocycles. The van der Waals surface area contributed by atoms with Crippen LogP contribution in [0.25, 0.3) is 0 Å². The van der Waals surface area contributed by atoms with Gasteiger partial charge in [0.05, 0.1) is 24.4 Å². The Kier molecular flexibility index (Phi) is 5.17. The van der Waals surface area contributed by atoms with Crippen LogP contribution in [-0.4, -0.2) is 41.6 Å². The second-order valence-corrected chi connectivity index (χ2v) is 8.71. The smallest absolute Gasteiger partial charge is 0.297 e. The van der Waals surface area contributed by atoms with E-state index in [9.17, 15) is 13.2 Å². The van der Waals surface area contributed by atoms with Crippen LogP contribution in [0, 0.1) is 21.9 Å². The molecule has 0 spiro atoms. The molecular formula is C20H20F3N3OS. The number of rotatable bonds is 6. The molecule has 8 heteroatoms. The molecule has 2 aromatic rings. The van der Waals surface area contributed by atoms with Crippen LogP contribution in [0.15, 0.2) is 30.5 Å². The summed E-state index contributed by atoms with van der Waals surface area (Å²) in [7, 11) is 0. The van der Waals surface area contributed by atoms with Gasteiger partial charge >= 0.3 is 0 Å². The summed E-state index contributed by atoms with van der Waals surface area (Å²) in [5.41, 5.74) is 0.947. The number of aryl methyl sites for hydroxylation is 1. The number of nitrogens with zero attached hydrogens (tertiary/aromatic N) is 3. The molecule has 3 heterocycles. The minimum atomic E-state index is -2.81. The molecule has 2 saturated heterocycles. The molecule has 4 nitrogen and oxygen atoms in total. The molecule has 28 heavy (non-hydrogen) atoms. The van der Waals surface area contributed by atoms with E-state index in [1.54, 1.807) is 12.1 Å². The molecule has 1 aromatic carbocycles. The number of aromatic nitrogens is 1. The van der Waals surface area contributed by atoms with Crippen LogP contribution in [0.2, 0.25) is 0 Å². The van der Waals surface area contributed by atoms with Crippen LogP contribution in [-0.2, 0) is 17.7 Å². The molecule has 0 bridgehead atoms. The van der Waals surface area contributed by atoms with E-state index in [-0.39, 0.29) is 5.13 Å². The third-order valence-corrected chi connectivity index (χ3v) is 6.50. The van der Waals surface area contributed by atoms with E-state index in [0.29, 0.717) is 49.5 Å². The fourth-order valence-corrected chi connectivity index (χ4v) is 4.96. The van der Waals surface area contributed by atoms with E-state index in [0.717, 1.165) is 16.9 Å². The summed E-state index contributed by atoms with van der Waals surface area (Å²) >= 11 is 0.991. The van der Waals surface area contributed by atoms with Crippen molar-refractivity contribution in [3.05, 3.63) is 51.7 Å². The highest BCUT2D eigenvalue weighted by Gasteiger charge is 2.61. The molecule has 0 radical (unpaired) electrons. The second-order valence-electron chi connectivity index (χ2n) is 7.64. The largest absolute Gasteiger partial charge is 0.365 e. The van der Waals surface area contributed by atoms with Gasteiger partial charge in [0.1, 0.15) is 17.7 Å². The first-order valence-electron chi connectivity index (χ1n) is 9.21. The fourth-order valence-electron chi connectivity index (χ4n) is 4.28. The Morgan fingerprint density at radius 3 is 2.68 bits per heavy atom. The third kappa shape index (κ3) is 3.79. The van der Waals surface area contributed by atoms with Crippen molar-refractivity contribution in [2.75, 3.05) is 19.7 Å². The van der Waals surface area contributed by atoms with Crippen LogP contribution in [0.3, 0.4) is 0 Å². The number of benzene rings is 1. The highest BCUT2D eigenvalue weighted by atomic mass is 32.1. The van der Waals surface area contributed by atoms with Gasteiger partial charge in [-0.25, -0.2) is 13.8 Å². The summed E-state index contributed by atoms with van der Waals surface area (Å²) in [6, 6.07) is 9.31. The fraction of sp³-hybridized carbons (Fsp3) is 0.500. The van der Waals surface area contributed by atoms with Gasteiger partial charge in [0.2, 0.25) is 0 Å². The molecule has 2 atom stereocenters. The van der Waals surface area contributed by atoms with Gasteiger partial charge in [0, 0.05) is 12.0 Å². The average molecular weight is 407 g/mol. The van der Waals surface area contributed by atoms with Gasteiger partial charge in [0.25, 0.3) is 5.92 Å². The van der Waals surface area contributed by atoms with E-state index < -0.39 is 24.0 Å². The lowest BCUT2D eigenvalue weighted by atomic mass is 9.72. The monoisotopic (exact) mass is 407 g/mol. The van der Waals surface area contributed by atoms with E-state index in [1.807, 2.05) is 12.1 Å². The zero-order chi connectivity index (χ0) is 19.8. The SMILES string of the molecule is N#Cc1ccc(CC[C@@]2([C@H]3OCC3(F)F)CCN(Cc3ncc(F)s3)C2)cc1. The molecule has 2 aliphatic heterocycles. The summed E-state index contributed by atoms with van der Waals surface area (Å²) < 4.78 is 47.1. The average Bonchev–Trinajstić information content (AvgIpc) is 3.26. The van der Waals surface area contributed by atoms with Gasteiger partial charge in [-0.2, -0.15) is 9.65 Å². The minimum Gasteiger partial charge on any atom is -0.365 e. The van der Waals surface area contributed by atoms with Gasteiger partial charge in [-0.05, 0) is 43.5 Å². The number of ether oxygens (including phenoxy) is 1. The maximum Gasteiger partial charge on any atom is 0.297 e. The van der Waals surface area contributed by atoms with Gasteiger partial charge in [0.15, 0.2) is 5.13 Å². The number of alkyl halides is 2. The maximum atomic E-state index is 14.2. The number of hydrogen-bond acceptors (Lipinski definition) is 5.